The Morgan fingerprint density at radius 2 is 2.03 bits per heavy atom. The second-order valence-corrected chi connectivity index (χ2v) is 8.38. The van der Waals surface area contributed by atoms with Gasteiger partial charge < -0.3 is 4.90 Å². The van der Waals surface area contributed by atoms with Crippen LogP contribution in [0.3, 0.4) is 0 Å². The summed E-state index contributed by atoms with van der Waals surface area (Å²) in [6.45, 7) is 2.34. The standard InChI is InChI=1S/C21H19F3N6O/c1-12-9-29(19(31)20(12,11-25)14-3-4-14)15-5-6-26-30-10-13(7-17(15)30)16-8-18(21(22,23)24)27-28(16)2/h5-8,10,12,14H,3-4,9H2,1-2H3/t12-,20+/m1/s1. The highest BCUT2D eigenvalue weighted by Crippen LogP contribution is 2.54. The fourth-order valence-corrected chi connectivity index (χ4v) is 4.75. The largest absolute Gasteiger partial charge is 0.435 e. The van der Waals surface area contributed by atoms with Crippen LogP contribution >= 0.6 is 0 Å². The van der Waals surface area contributed by atoms with Gasteiger partial charge in [-0.15, -0.1) is 0 Å². The molecule has 3 aromatic heterocycles. The molecule has 4 heterocycles. The molecule has 1 saturated heterocycles. The third-order valence-corrected chi connectivity index (χ3v) is 6.48. The van der Waals surface area contributed by atoms with E-state index in [9.17, 15) is 23.2 Å². The molecule has 7 nitrogen and oxygen atoms in total. The van der Waals surface area contributed by atoms with Gasteiger partial charge in [0.2, 0.25) is 5.91 Å². The lowest BCUT2D eigenvalue weighted by atomic mass is 9.75. The first kappa shape index (κ1) is 19.6. The maximum absolute atomic E-state index is 13.4. The summed E-state index contributed by atoms with van der Waals surface area (Å²) < 4.78 is 41.9. The SMILES string of the molecule is C[C@@H]1CN(c2ccnn3cc(-c4cc(C(F)(F)F)nn4C)cc23)C(=O)[C@]1(C#N)C1CC1. The monoisotopic (exact) mass is 428 g/mol. The number of anilines is 1. The van der Waals surface area contributed by atoms with E-state index in [0.717, 1.165) is 18.9 Å². The minimum Gasteiger partial charge on any atom is -0.309 e. The van der Waals surface area contributed by atoms with Crippen molar-refractivity contribution in [3.05, 3.63) is 36.3 Å². The van der Waals surface area contributed by atoms with E-state index in [1.807, 2.05) is 6.92 Å². The van der Waals surface area contributed by atoms with Crippen LogP contribution in [-0.4, -0.2) is 31.8 Å². The van der Waals surface area contributed by atoms with Crippen molar-refractivity contribution in [2.75, 3.05) is 11.4 Å². The van der Waals surface area contributed by atoms with Crippen LogP contribution in [0.2, 0.25) is 0 Å². The lowest BCUT2D eigenvalue weighted by molar-refractivity contribution is -0.141. The average molecular weight is 428 g/mol. The van der Waals surface area contributed by atoms with Crippen LogP contribution < -0.4 is 4.90 Å². The molecule has 10 heteroatoms. The summed E-state index contributed by atoms with van der Waals surface area (Å²) in [5, 5.41) is 17.7. The van der Waals surface area contributed by atoms with Gasteiger partial charge in [-0.05, 0) is 37.0 Å². The number of alkyl halides is 3. The van der Waals surface area contributed by atoms with Gasteiger partial charge >= 0.3 is 6.18 Å². The Hall–Kier alpha value is -3.35. The van der Waals surface area contributed by atoms with E-state index in [1.54, 1.807) is 23.2 Å². The van der Waals surface area contributed by atoms with Gasteiger partial charge in [-0.2, -0.15) is 28.6 Å². The summed E-state index contributed by atoms with van der Waals surface area (Å²) in [5.41, 5.74) is -0.0286. The normalized spacial score (nSPS) is 24.2. The van der Waals surface area contributed by atoms with Crippen molar-refractivity contribution >= 4 is 17.1 Å². The van der Waals surface area contributed by atoms with Crippen LogP contribution in [0.5, 0.6) is 0 Å². The molecular weight excluding hydrogens is 409 g/mol. The molecule has 2 atom stereocenters. The summed E-state index contributed by atoms with van der Waals surface area (Å²) >= 11 is 0. The van der Waals surface area contributed by atoms with Crippen LogP contribution in [0.4, 0.5) is 18.9 Å². The van der Waals surface area contributed by atoms with Crippen molar-refractivity contribution in [2.24, 2.45) is 24.3 Å². The van der Waals surface area contributed by atoms with Crippen molar-refractivity contribution in [1.29, 1.82) is 5.26 Å². The van der Waals surface area contributed by atoms with E-state index in [2.05, 4.69) is 16.3 Å². The van der Waals surface area contributed by atoms with Crippen LogP contribution in [0.1, 0.15) is 25.5 Å². The van der Waals surface area contributed by atoms with Gasteiger partial charge in [0, 0.05) is 37.5 Å². The van der Waals surface area contributed by atoms with Gasteiger partial charge in [0.25, 0.3) is 0 Å². The quantitative estimate of drug-likeness (QED) is 0.638. The number of nitrogens with zero attached hydrogens (tertiary/aromatic N) is 6. The first-order chi connectivity index (χ1) is 14.7. The zero-order valence-corrected chi connectivity index (χ0v) is 16.9. The number of hydrogen-bond acceptors (Lipinski definition) is 4. The van der Waals surface area contributed by atoms with E-state index < -0.39 is 17.3 Å². The number of aryl methyl sites for hydroxylation is 1. The number of nitriles is 1. The fraction of sp³-hybridized carbons (Fsp3) is 0.429. The molecule has 0 spiro atoms. The molecule has 31 heavy (non-hydrogen) atoms. The average Bonchev–Trinajstić information content (AvgIpc) is 3.24. The zero-order valence-electron chi connectivity index (χ0n) is 16.9. The Balaban J connectivity index is 1.59. The van der Waals surface area contributed by atoms with Crippen molar-refractivity contribution in [3.8, 4) is 17.3 Å². The third-order valence-electron chi connectivity index (χ3n) is 6.48. The summed E-state index contributed by atoms with van der Waals surface area (Å²) in [7, 11) is 1.45. The number of halogens is 3. The number of carbonyl (C=O) groups is 1. The predicted octanol–water partition coefficient (Wildman–Crippen LogP) is 3.66. The first-order valence-electron chi connectivity index (χ1n) is 9.99. The van der Waals surface area contributed by atoms with E-state index in [1.165, 1.54) is 22.4 Å². The van der Waals surface area contributed by atoms with Crippen molar-refractivity contribution in [2.45, 2.75) is 25.9 Å². The van der Waals surface area contributed by atoms with Gasteiger partial charge in [0.1, 0.15) is 5.41 Å². The summed E-state index contributed by atoms with van der Waals surface area (Å²) in [6, 6.07) is 6.70. The number of hydrogen-bond donors (Lipinski definition) is 0. The van der Waals surface area contributed by atoms with Crippen molar-refractivity contribution in [3.63, 3.8) is 0 Å². The molecule has 1 aliphatic heterocycles. The minimum absolute atomic E-state index is 0.0837. The number of fused-ring (bicyclic) bond motifs is 1. The molecule has 1 aliphatic carbocycles. The van der Waals surface area contributed by atoms with Gasteiger partial charge in [0.15, 0.2) is 5.69 Å². The van der Waals surface area contributed by atoms with Crippen LogP contribution in [0.15, 0.2) is 30.6 Å². The molecule has 0 N–H and O–H groups in total. The van der Waals surface area contributed by atoms with Crippen LogP contribution in [0, 0.1) is 28.6 Å². The smallest absolute Gasteiger partial charge is 0.309 e. The highest BCUT2D eigenvalue weighted by molar-refractivity contribution is 6.05. The Bertz CT molecular complexity index is 1250. The van der Waals surface area contributed by atoms with Crippen LogP contribution in [0.25, 0.3) is 16.8 Å². The van der Waals surface area contributed by atoms with Gasteiger partial charge in [0.05, 0.1) is 23.0 Å². The fourth-order valence-electron chi connectivity index (χ4n) is 4.75. The second kappa shape index (κ2) is 6.33. The highest BCUT2D eigenvalue weighted by Gasteiger charge is 2.61. The van der Waals surface area contributed by atoms with E-state index >= 15 is 0 Å². The summed E-state index contributed by atoms with van der Waals surface area (Å²) in [4.78, 5) is 15.0. The first-order valence-corrected chi connectivity index (χ1v) is 9.99. The molecule has 1 amide bonds. The number of amides is 1. The van der Waals surface area contributed by atoms with E-state index in [-0.39, 0.29) is 23.4 Å². The van der Waals surface area contributed by atoms with Gasteiger partial charge in [-0.3, -0.25) is 9.48 Å². The molecule has 0 aromatic carbocycles. The predicted molar refractivity (Wildman–Crippen MR) is 105 cm³/mol. The molecule has 0 bridgehead atoms. The Kier molecular flexibility index (Phi) is 4.00. The number of aromatic nitrogens is 4. The van der Waals surface area contributed by atoms with E-state index in [0.29, 0.717) is 23.3 Å². The molecule has 2 aliphatic rings. The Labute approximate surface area is 175 Å². The zero-order chi connectivity index (χ0) is 22.1. The Morgan fingerprint density at radius 1 is 1.29 bits per heavy atom. The molecular formula is C21H19F3N6O. The second-order valence-electron chi connectivity index (χ2n) is 8.38. The lowest BCUT2D eigenvalue weighted by Crippen LogP contribution is -2.37. The maximum atomic E-state index is 13.4. The minimum atomic E-state index is -4.54. The summed E-state index contributed by atoms with van der Waals surface area (Å²) in [6.07, 6.45) is 0.359. The molecule has 0 radical (unpaired) electrons. The van der Waals surface area contributed by atoms with Gasteiger partial charge in [-0.1, -0.05) is 6.92 Å². The molecule has 2 fully saturated rings. The molecule has 3 aromatic rings. The Morgan fingerprint density at radius 3 is 2.65 bits per heavy atom. The van der Waals surface area contributed by atoms with Crippen LogP contribution in [-0.2, 0) is 18.0 Å². The number of carbonyl (C=O) groups excluding carboxylic acids is 1. The molecule has 160 valence electrons. The number of rotatable bonds is 3. The third kappa shape index (κ3) is 2.76. The van der Waals surface area contributed by atoms with E-state index in [4.69, 9.17) is 0 Å². The topological polar surface area (TPSA) is 79.2 Å². The summed E-state index contributed by atoms with van der Waals surface area (Å²) in [5.74, 6) is -0.243. The highest BCUT2D eigenvalue weighted by atomic mass is 19.4. The molecule has 0 unspecified atom stereocenters. The lowest BCUT2D eigenvalue weighted by Gasteiger charge is -2.23. The molecule has 5 rings (SSSR count). The van der Waals surface area contributed by atoms with Crippen molar-refractivity contribution in [1.82, 2.24) is 19.4 Å². The molecule has 1 saturated carbocycles. The van der Waals surface area contributed by atoms with Gasteiger partial charge in [-0.25, -0.2) is 4.52 Å². The van der Waals surface area contributed by atoms with Crippen molar-refractivity contribution < 1.29 is 18.0 Å². The maximum Gasteiger partial charge on any atom is 0.435 e.